The van der Waals surface area contributed by atoms with Gasteiger partial charge in [0.15, 0.2) is 0 Å². The van der Waals surface area contributed by atoms with Crippen LogP contribution in [0.25, 0.3) is 0 Å². The molecule has 0 aromatic carbocycles. The minimum absolute atomic E-state index is 0.00949. The van der Waals surface area contributed by atoms with Gasteiger partial charge in [-0.3, -0.25) is 4.79 Å². The van der Waals surface area contributed by atoms with Gasteiger partial charge in [-0.2, -0.15) is 0 Å². The van der Waals surface area contributed by atoms with Gasteiger partial charge in [0.2, 0.25) is 5.91 Å². The van der Waals surface area contributed by atoms with Crippen molar-refractivity contribution in [2.75, 3.05) is 34.3 Å². The first-order chi connectivity index (χ1) is 7.45. The second kappa shape index (κ2) is 5.30. The zero-order chi connectivity index (χ0) is 12.3. The smallest absolute Gasteiger partial charge is 0.328 e. The van der Waals surface area contributed by atoms with Crippen molar-refractivity contribution in [1.29, 1.82) is 0 Å². The largest absolute Gasteiger partial charge is 0.467 e. The minimum Gasteiger partial charge on any atom is -0.467 e. The van der Waals surface area contributed by atoms with Gasteiger partial charge in [0.1, 0.15) is 6.04 Å². The van der Waals surface area contributed by atoms with Crippen LogP contribution in [0.1, 0.15) is 13.3 Å². The summed E-state index contributed by atoms with van der Waals surface area (Å²) in [5.41, 5.74) is 0. The van der Waals surface area contributed by atoms with E-state index < -0.39 is 6.04 Å². The third-order valence-corrected chi connectivity index (χ3v) is 2.76. The number of hydrogen-bond acceptors (Lipinski definition) is 4. The first-order valence-electron chi connectivity index (χ1n) is 5.47. The average Bonchev–Trinajstić information content (AvgIpc) is 2.58. The maximum atomic E-state index is 11.9. The molecule has 1 fully saturated rings. The fourth-order valence-electron chi connectivity index (χ4n) is 2.04. The average molecular weight is 228 g/mol. The Morgan fingerprint density at radius 3 is 2.56 bits per heavy atom. The molecule has 1 saturated heterocycles. The van der Waals surface area contributed by atoms with E-state index in [0.29, 0.717) is 25.4 Å². The monoisotopic (exact) mass is 228 g/mol. The SMILES string of the molecule is COC(=O)C1CC(C)CN1C(=O)CN(C)C. The lowest BCUT2D eigenvalue weighted by Crippen LogP contribution is -2.44. The van der Waals surface area contributed by atoms with Crippen molar-refractivity contribution < 1.29 is 14.3 Å². The summed E-state index contributed by atoms with van der Waals surface area (Å²) in [6, 6.07) is -0.396. The fraction of sp³-hybridized carbons (Fsp3) is 0.818. The predicted molar refractivity (Wildman–Crippen MR) is 59.9 cm³/mol. The van der Waals surface area contributed by atoms with Crippen LogP contribution in [-0.4, -0.2) is 62.0 Å². The summed E-state index contributed by atoms with van der Waals surface area (Å²) in [6.45, 7) is 3.02. The van der Waals surface area contributed by atoms with Gasteiger partial charge in [-0.05, 0) is 26.4 Å². The minimum atomic E-state index is -0.396. The van der Waals surface area contributed by atoms with E-state index >= 15 is 0 Å². The van der Waals surface area contributed by atoms with E-state index in [4.69, 9.17) is 4.74 Å². The first kappa shape index (κ1) is 13.0. The molecule has 5 heteroatoms. The highest BCUT2D eigenvalue weighted by Crippen LogP contribution is 2.23. The van der Waals surface area contributed by atoms with Crippen molar-refractivity contribution in [2.45, 2.75) is 19.4 Å². The summed E-state index contributed by atoms with van der Waals surface area (Å²) in [4.78, 5) is 26.9. The highest BCUT2D eigenvalue weighted by atomic mass is 16.5. The number of ether oxygens (including phenoxy) is 1. The zero-order valence-electron chi connectivity index (χ0n) is 10.4. The summed E-state index contributed by atoms with van der Waals surface area (Å²) in [7, 11) is 5.04. The predicted octanol–water partition coefficient (Wildman–Crippen LogP) is -0.0420. The number of hydrogen-bond donors (Lipinski definition) is 0. The molecule has 1 rings (SSSR count). The molecule has 2 atom stereocenters. The topological polar surface area (TPSA) is 49.9 Å². The molecule has 16 heavy (non-hydrogen) atoms. The van der Waals surface area contributed by atoms with Crippen LogP contribution in [0.5, 0.6) is 0 Å². The van der Waals surface area contributed by atoms with Gasteiger partial charge in [-0.1, -0.05) is 6.92 Å². The van der Waals surface area contributed by atoms with Crippen LogP contribution >= 0.6 is 0 Å². The molecular formula is C11H20N2O3. The van der Waals surface area contributed by atoms with Crippen LogP contribution in [0.15, 0.2) is 0 Å². The Labute approximate surface area is 96.3 Å². The Morgan fingerprint density at radius 2 is 2.06 bits per heavy atom. The van der Waals surface area contributed by atoms with Gasteiger partial charge in [0.25, 0.3) is 0 Å². The number of carbonyl (C=O) groups excluding carboxylic acids is 2. The number of carbonyl (C=O) groups is 2. The molecule has 5 nitrogen and oxygen atoms in total. The van der Waals surface area contributed by atoms with E-state index in [0.717, 1.165) is 0 Å². The van der Waals surface area contributed by atoms with Gasteiger partial charge in [0, 0.05) is 6.54 Å². The van der Waals surface area contributed by atoms with Gasteiger partial charge >= 0.3 is 5.97 Å². The van der Waals surface area contributed by atoms with Crippen molar-refractivity contribution in [3.05, 3.63) is 0 Å². The Hall–Kier alpha value is -1.10. The van der Waals surface area contributed by atoms with Crippen LogP contribution in [0.3, 0.4) is 0 Å². The van der Waals surface area contributed by atoms with Gasteiger partial charge < -0.3 is 14.5 Å². The molecule has 1 heterocycles. The van der Waals surface area contributed by atoms with Crippen molar-refractivity contribution >= 4 is 11.9 Å². The second-order valence-electron chi connectivity index (χ2n) is 4.66. The lowest BCUT2D eigenvalue weighted by atomic mass is 10.1. The Bertz CT molecular complexity index is 278. The van der Waals surface area contributed by atoms with Crippen LogP contribution in [0, 0.1) is 5.92 Å². The summed E-state index contributed by atoms with van der Waals surface area (Å²) < 4.78 is 4.72. The van der Waals surface area contributed by atoms with E-state index in [1.807, 2.05) is 21.0 Å². The fourth-order valence-corrected chi connectivity index (χ4v) is 2.04. The molecule has 1 aliphatic rings. The lowest BCUT2D eigenvalue weighted by molar-refractivity contribution is -0.151. The first-order valence-corrected chi connectivity index (χ1v) is 5.47. The van der Waals surface area contributed by atoms with Gasteiger partial charge in [-0.15, -0.1) is 0 Å². The van der Waals surface area contributed by atoms with Gasteiger partial charge in [0.05, 0.1) is 13.7 Å². The third-order valence-electron chi connectivity index (χ3n) is 2.76. The van der Waals surface area contributed by atoms with Crippen LogP contribution < -0.4 is 0 Å². The second-order valence-corrected chi connectivity index (χ2v) is 4.66. The van der Waals surface area contributed by atoms with Gasteiger partial charge in [-0.25, -0.2) is 4.79 Å². The molecule has 0 aromatic rings. The van der Waals surface area contributed by atoms with Crippen molar-refractivity contribution in [3.63, 3.8) is 0 Å². The summed E-state index contributed by atoms with van der Waals surface area (Å²) in [5, 5.41) is 0. The quantitative estimate of drug-likeness (QED) is 0.636. The molecule has 0 bridgehead atoms. The Morgan fingerprint density at radius 1 is 1.44 bits per heavy atom. The summed E-state index contributed by atoms with van der Waals surface area (Å²) in [6.07, 6.45) is 0.700. The number of esters is 1. The zero-order valence-corrected chi connectivity index (χ0v) is 10.4. The highest BCUT2D eigenvalue weighted by molar-refractivity contribution is 5.86. The molecule has 0 spiro atoms. The van der Waals surface area contributed by atoms with Crippen LogP contribution in [-0.2, 0) is 14.3 Å². The molecule has 0 radical (unpaired) electrons. The summed E-state index contributed by atoms with van der Waals surface area (Å²) >= 11 is 0. The van der Waals surface area contributed by atoms with E-state index in [9.17, 15) is 9.59 Å². The Balaban J connectivity index is 2.69. The number of likely N-dealkylation sites (tertiary alicyclic amines) is 1. The number of nitrogens with zero attached hydrogens (tertiary/aromatic N) is 2. The molecule has 0 saturated carbocycles. The lowest BCUT2D eigenvalue weighted by Gasteiger charge is -2.24. The maximum Gasteiger partial charge on any atom is 0.328 e. The van der Waals surface area contributed by atoms with Crippen molar-refractivity contribution in [2.24, 2.45) is 5.92 Å². The van der Waals surface area contributed by atoms with E-state index in [1.54, 1.807) is 9.80 Å². The molecule has 0 N–H and O–H groups in total. The Kier molecular flexibility index (Phi) is 4.29. The maximum absolute atomic E-state index is 11.9. The normalized spacial score (nSPS) is 24.9. The number of likely N-dealkylation sites (N-methyl/N-ethyl adjacent to an activating group) is 1. The standard InChI is InChI=1S/C11H20N2O3/c1-8-5-9(11(15)16-4)13(6-8)10(14)7-12(2)3/h8-9H,5-7H2,1-4H3. The van der Waals surface area contributed by atoms with E-state index in [-0.39, 0.29) is 11.9 Å². The molecule has 1 amide bonds. The molecule has 1 aliphatic heterocycles. The molecular weight excluding hydrogens is 208 g/mol. The van der Waals surface area contributed by atoms with E-state index in [1.165, 1.54) is 7.11 Å². The van der Waals surface area contributed by atoms with Crippen molar-refractivity contribution in [3.8, 4) is 0 Å². The molecule has 0 aliphatic carbocycles. The molecule has 92 valence electrons. The highest BCUT2D eigenvalue weighted by Gasteiger charge is 2.38. The molecule has 2 unspecified atom stereocenters. The number of amides is 1. The van der Waals surface area contributed by atoms with Crippen LogP contribution in [0.4, 0.5) is 0 Å². The van der Waals surface area contributed by atoms with Crippen LogP contribution in [0.2, 0.25) is 0 Å². The van der Waals surface area contributed by atoms with Crippen molar-refractivity contribution in [1.82, 2.24) is 9.80 Å². The number of rotatable bonds is 3. The number of methoxy groups -OCH3 is 1. The molecule has 0 aromatic heterocycles. The third kappa shape index (κ3) is 2.95. The van der Waals surface area contributed by atoms with E-state index in [2.05, 4.69) is 0 Å². The summed E-state index contributed by atoms with van der Waals surface area (Å²) in [5.74, 6) is 0.0384.